The second kappa shape index (κ2) is 6.76. The Hall–Kier alpha value is -0.440. The van der Waals surface area contributed by atoms with Crippen LogP contribution in [-0.4, -0.2) is 18.3 Å². The Balaban J connectivity index is 1.54. The van der Waals surface area contributed by atoms with Crippen molar-refractivity contribution < 1.29 is 9.47 Å². The molecule has 1 unspecified atom stereocenters. The Labute approximate surface area is 136 Å². The molecule has 1 aliphatic heterocycles. The SMILES string of the molecule is ClCc1ccc(OCC2CCC3(CCCCC3)O2)c(Cl)c1. The molecule has 2 fully saturated rings. The number of halogens is 2. The lowest BCUT2D eigenvalue weighted by atomic mass is 9.83. The lowest BCUT2D eigenvalue weighted by Crippen LogP contribution is -2.32. The van der Waals surface area contributed by atoms with Crippen LogP contribution in [0.2, 0.25) is 5.02 Å². The topological polar surface area (TPSA) is 18.5 Å². The van der Waals surface area contributed by atoms with E-state index in [0.717, 1.165) is 17.7 Å². The van der Waals surface area contributed by atoms with Crippen molar-refractivity contribution in [1.29, 1.82) is 0 Å². The zero-order valence-corrected chi connectivity index (χ0v) is 13.8. The van der Waals surface area contributed by atoms with E-state index in [2.05, 4.69) is 0 Å². The van der Waals surface area contributed by atoms with Crippen LogP contribution in [-0.2, 0) is 10.6 Å². The molecule has 2 nitrogen and oxygen atoms in total. The van der Waals surface area contributed by atoms with Gasteiger partial charge < -0.3 is 9.47 Å². The molecule has 1 aliphatic carbocycles. The Morgan fingerprint density at radius 3 is 2.71 bits per heavy atom. The summed E-state index contributed by atoms with van der Waals surface area (Å²) in [5, 5.41) is 0.624. The van der Waals surface area contributed by atoms with Crippen molar-refractivity contribution in [1.82, 2.24) is 0 Å². The van der Waals surface area contributed by atoms with Gasteiger partial charge in [-0.2, -0.15) is 0 Å². The number of benzene rings is 1. The molecule has 1 aromatic rings. The first-order valence-corrected chi connectivity index (χ1v) is 8.77. The zero-order chi connectivity index (χ0) is 14.7. The van der Waals surface area contributed by atoms with E-state index in [1.54, 1.807) is 0 Å². The van der Waals surface area contributed by atoms with Gasteiger partial charge in [-0.3, -0.25) is 0 Å². The molecule has 1 spiro atoms. The maximum atomic E-state index is 6.31. The molecule has 0 bridgehead atoms. The molecule has 1 aromatic carbocycles. The Morgan fingerprint density at radius 1 is 1.19 bits per heavy atom. The van der Waals surface area contributed by atoms with Crippen molar-refractivity contribution in [2.75, 3.05) is 6.61 Å². The van der Waals surface area contributed by atoms with Crippen molar-refractivity contribution in [2.45, 2.75) is 62.5 Å². The van der Waals surface area contributed by atoms with Gasteiger partial charge in [-0.1, -0.05) is 36.9 Å². The maximum absolute atomic E-state index is 6.31. The summed E-state index contributed by atoms with van der Waals surface area (Å²) in [6.45, 7) is 0.585. The molecule has 2 aliphatic rings. The van der Waals surface area contributed by atoms with Crippen LogP contribution in [0.25, 0.3) is 0 Å². The summed E-state index contributed by atoms with van der Waals surface area (Å²) >= 11 is 12.0. The normalized spacial score (nSPS) is 24.4. The molecule has 0 amide bonds. The standard InChI is InChI=1S/C17H22Cl2O2/c18-11-13-4-5-16(15(19)10-13)20-12-14-6-9-17(21-14)7-2-1-3-8-17/h4-5,10,14H,1-3,6-9,11-12H2. The number of alkyl halides is 1. The molecule has 1 heterocycles. The minimum atomic E-state index is 0.151. The highest BCUT2D eigenvalue weighted by atomic mass is 35.5. The minimum Gasteiger partial charge on any atom is -0.489 e. The molecule has 0 N–H and O–H groups in total. The Morgan fingerprint density at radius 2 is 2.00 bits per heavy atom. The van der Waals surface area contributed by atoms with E-state index in [9.17, 15) is 0 Å². The summed E-state index contributed by atoms with van der Waals surface area (Å²) in [7, 11) is 0. The lowest BCUT2D eigenvalue weighted by molar-refractivity contribution is -0.0748. The summed E-state index contributed by atoms with van der Waals surface area (Å²) < 4.78 is 12.2. The molecule has 1 saturated carbocycles. The van der Waals surface area contributed by atoms with Crippen LogP contribution in [0, 0.1) is 0 Å². The van der Waals surface area contributed by atoms with Gasteiger partial charge in [0, 0.05) is 5.88 Å². The summed E-state index contributed by atoms with van der Waals surface area (Å²) in [6, 6.07) is 5.71. The predicted molar refractivity (Wildman–Crippen MR) is 86.4 cm³/mol. The molecule has 0 radical (unpaired) electrons. The predicted octanol–water partition coefficient (Wildman–Crippen LogP) is 5.34. The number of hydrogen-bond donors (Lipinski definition) is 0. The fourth-order valence-electron chi connectivity index (χ4n) is 3.50. The first-order chi connectivity index (χ1) is 10.2. The van der Waals surface area contributed by atoms with Gasteiger partial charge in [0.25, 0.3) is 0 Å². The Kier molecular flexibility index (Phi) is 4.98. The zero-order valence-electron chi connectivity index (χ0n) is 12.2. The van der Waals surface area contributed by atoms with Gasteiger partial charge >= 0.3 is 0 Å². The quantitative estimate of drug-likeness (QED) is 0.694. The van der Waals surface area contributed by atoms with Crippen molar-refractivity contribution in [3.05, 3.63) is 28.8 Å². The molecule has 3 rings (SSSR count). The molecular formula is C17H22Cl2O2. The van der Waals surface area contributed by atoms with Gasteiger partial charge in [0.05, 0.1) is 16.7 Å². The minimum absolute atomic E-state index is 0.151. The number of ether oxygens (including phenoxy) is 2. The van der Waals surface area contributed by atoms with Crippen LogP contribution < -0.4 is 4.74 Å². The summed E-state index contributed by atoms with van der Waals surface area (Å²) in [5.74, 6) is 1.19. The van der Waals surface area contributed by atoms with Gasteiger partial charge in [0.2, 0.25) is 0 Å². The second-order valence-electron chi connectivity index (χ2n) is 6.23. The molecule has 116 valence electrons. The third-order valence-electron chi connectivity index (χ3n) is 4.68. The first-order valence-electron chi connectivity index (χ1n) is 7.86. The largest absolute Gasteiger partial charge is 0.489 e. The van der Waals surface area contributed by atoms with Crippen LogP contribution in [0.4, 0.5) is 0 Å². The summed E-state index contributed by atoms with van der Waals surface area (Å²) in [5.41, 5.74) is 1.16. The average molecular weight is 329 g/mol. The van der Waals surface area contributed by atoms with E-state index in [-0.39, 0.29) is 11.7 Å². The highest BCUT2D eigenvalue weighted by molar-refractivity contribution is 6.32. The van der Waals surface area contributed by atoms with E-state index in [1.807, 2.05) is 18.2 Å². The van der Waals surface area contributed by atoms with Crippen LogP contribution >= 0.6 is 23.2 Å². The molecule has 0 aromatic heterocycles. The fraction of sp³-hybridized carbons (Fsp3) is 0.647. The van der Waals surface area contributed by atoms with E-state index in [0.29, 0.717) is 17.5 Å². The molecule has 4 heteroatoms. The van der Waals surface area contributed by atoms with E-state index < -0.39 is 0 Å². The van der Waals surface area contributed by atoms with Crippen molar-refractivity contribution >= 4 is 23.2 Å². The number of hydrogen-bond acceptors (Lipinski definition) is 2. The Bertz CT molecular complexity index is 484. The van der Waals surface area contributed by atoms with Gasteiger partial charge in [-0.15, -0.1) is 11.6 Å². The van der Waals surface area contributed by atoms with Crippen molar-refractivity contribution in [2.24, 2.45) is 0 Å². The van der Waals surface area contributed by atoms with Gasteiger partial charge in [0.1, 0.15) is 12.4 Å². The maximum Gasteiger partial charge on any atom is 0.138 e. The van der Waals surface area contributed by atoms with Crippen LogP contribution in [0.5, 0.6) is 5.75 Å². The van der Waals surface area contributed by atoms with Gasteiger partial charge in [-0.05, 0) is 43.4 Å². The van der Waals surface area contributed by atoms with Crippen LogP contribution in [0.15, 0.2) is 18.2 Å². The van der Waals surface area contributed by atoms with Crippen LogP contribution in [0.1, 0.15) is 50.5 Å². The van der Waals surface area contributed by atoms with Crippen molar-refractivity contribution in [3.8, 4) is 5.75 Å². The average Bonchev–Trinajstić information content (AvgIpc) is 2.89. The molecule has 1 atom stereocenters. The molecule has 21 heavy (non-hydrogen) atoms. The lowest BCUT2D eigenvalue weighted by Gasteiger charge is -2.33. The van der Waals surface area contributed by atoms with Gasteiger partial charge in [0.15, 0.2) is 0 Å². The third-order valence-corrected chi connectivity index (χ3v) is 5.28. The van der Waals surface area contributed by atoms with Crippen molar-refractivity contribution in [3.63, 3.8) is 0 Å². The molecule has 1 saturated heterocycles. The highest BCUT2D eigenvalue weighted by Gasteiger charge is 2.40. The number of rotatable bonds is 4. The second-order valence-corrected chi connectivity index (χ2v) is 6.91. The summed E-state index contributed by atoms with van der Waals surface area (Å²) in [4.78, 5) is 0. The third kappa shape index (κ3) is 3.67. The van der Waals surface area contributed by atoms with Crippen LogP contribution in [0.3, 0.4) is 0 Å². The molecular weight excluding hydrogens is 307 g/mol. The highest BCUT2D eigenvalue weighted by Crippen LogP contribution is 2.42. The monoisotopic (exact) mass is 328 g/mol. The van der Waals surface area contributed by atoms with E-state index >= 15 is 0 Å². The van der Waals surface area contributed by atoms with E-state index in [4.69, 9.17) is 32.7 Å². The summed E-state index contributed by atoms with van der Waals surface area (Å²) in [6.07, 6.45) is 8.88. The fourth-order valence-corrected chi connectivity index (χ4v) is 3.93. The van der Waals surface area contributed by atoms with E-state index in [1.165, 1.54) is 38.5 Å². The van der Waals surface area contributed by atoms with Gasteiger partial charge in [-0.25, -0.2) is 0 Å². The smallest absolute Gasteiger partial charge is 0.138 e. The first kappa shape index (κ1) is 15.5.